The summed E-state index contributed by atoms with van der Waals surface area (Å²) in [7, 11) is 0. The number of carbonyl (C=O) groups excluding carboxylic acids is 1. The van der Waals surface area contributed by atoms with E-state index in [-0.39, 0.29) is 11.9 Å². The van der Waals surface area contributed by atoms with Crippen LogP contribution in [-0.2, 0) is 6.54 Å². The van der Waals surface area contributed by atoms with Gasteiger partial charge in [-0.25, -0.2) is 0 Å². The first-order valence-corrected chi connectivity index (χ1v) is 8.16. The Labute approximate surface area is 141 Å². The van der Waals surface area contributed by atoms with Crippen LogP contribution in [0.25, 0.3) is 0 Å². The molecule has 2 aromatic carbocycles. The van der Waals surface area contributed by atoms with E-state index < -0.39 is 0 Å². The Balaban J connectivity index is 1.69. The third-order valence-corrected chi connectivity index (χ3v) is 3.97. The van der Waals surface area contributed by atoms with Crippen molar-refractivity contribution < 1.29 is 14.3 Å². The first-order valence-electron chi connectivity index (χ1n) is 8.16. The molecule has 0 bridgehead atoms. The molecular formula is C19H22N2O3. The fourth-order valence-corrected chi connectivity index (χ4v) is 2.59. The second kappa shape index (κ2) is 7.36. The molecule has 24 heavy (non-hydrogen) atoms. The van der Waals surface area contributed by atoms with Crippen molar-refractivity contribution in [3.63, 3.8) is 0 Å². The van der Waals surface area contributed by atoms with Crippen molar-refractivity contribution in [3.05, 3.63) is 59.2 Å². The molecule has 0 aromatic heterocycles. The molecule has 1 heterocycles. The number of nitrogens with two attached hydrogens (primary N) is 1. The van der Waals surface area contributed by atoms with Gasteiger partial charge in [-0.05, 0) is 30.2 Å². The number of benzene rings is 2. The van der Waals surface area contributed by atoms with Crippen LogP contribution in [0.4, 0.5) is 0 Å². The molecule has 0 spiro atoms. The van der Waals surface area contributed by atoms with Gasteiger partial charge >= 0.3 is 0 Å². The number of rotatable bonds is 4. The largest absolute Gasteiger partial charge is 0.490 e. The van der Waals surface area contributed by atoms with Gasteiger partial charge in [0.2, 0.25) is 0 Å². The van der Waals surface area contributed by atoms with Gasteiger partial charge in [0.25, 0.3) is 5.91 Å². The van der Waals surface area contributed by atoms with Crippen LogP contribution in [0.2, 0.25) is 0 Å². The van der Waals surface area contributed by atoms with E-state index in [4.69, 9.17) is 15.2 Å². The zero-order chi connectivity index (χ0) is 16.9. The normalized spacial score (nSPS) is 14.6. The zero-order valence-electron chi connectivity index (χ0n) is 13.7. The average Bonchev–Trinajstić information content (AvgIpc) is 2.85. The summed E-state index contributed by atoms with van der Waals surface area (Å²) in [6.07, 6.45) is 0.807. The van der Waals surface area contributed by atoms with Gasteiger partial charge in [0.1, 0.15) is 0 Å². The molecule has 3 rings (SSSR count). The van der Waals surface area contributed by atoms with Gasteiger partial charge in [-0.15, -0.1) is 0 Å². The average molecular weight is 326 g/mol. The van der Waals surface area contributed by atoms with Gasteiger partial charge in [0, 0.05) is 19.0 Å². The maximum atomic E-state index is 12.5. The highest BCUT2D eigenvalue weighted by Crippen LogP contribution is 2.33. The minimum Gasteiger partial charge on any atom is -0.490 e. The number of carbonyl (C=O) groups is 1. The molecule has 0 fully saturated rings. The summed E-state index contributed by atoms with van der Waals surface area (Å²) in [4.78, 5) is 12.5. The van der Waals surface area contributed by atoms with Crippen molar-refractivity contribution >= 4 is 5.91 Å². The predicted octanol–water partition coefficient (Wildman–Crippen LogP) is 2.80. The molecule has 3 N–H and O–H groups in total. The van der Waals surface area contributed by atoms with Crippen molar-refractivity contribution in [2.75, 3.05) is 13.2 Å². The quantitative estimate of drug-likeness (QED) is 0.906. The number of hydrogen-bond donors (Lipinski definition) is 2. The Bertz CT molecular complexity index is 711. The summed E-state index contributed by atoms with van der Waals surface area (Å²) >= 11 is 0. The van der Waals surface area contributed by atoms with Crippen LogP contribution in [0.15, 0.2) is 42.5 Å². The highest BCUT2D eigenvalue weighted by molar-refractivity contribution is 5.97. The van der Waals surface area contributed by atoms with Crippen LogP contribution >= 0.6 is 0 Å². The fourth-order valence-electron chi connectivity index (χ4n) is 2.59. The summed E-state index contributed by atoms with van der Waals surface area (Å²) in [6, 6.07) is 13.3. The highest BCUT2D eigenvalue weighted by Gasteiger charge is 2.19. The Morgan fingerprint density at radius 3 is 2.67 bits per heavy atom. The summed E-state index contributed by atoms with van der Waals surface area (Å²) in [5.74, 6) is 0.981. The number of nitrogens with one attached hydrogen (secondary N) is 1. The standard InChI is InChI=1S/C19H22N2O3/c1-13(20)15-8-6-14(7-9-15)12-21-19(22)16-4-2-5-17-18(16)24-11-3-10-23-17/h2,4-9,13H,3,10-12,20H2,1H3,(H,21,22). The number of hydrogen-bond acceptors (Lipinski definition) is 4. The SMILES string of the molecule is CC(N)c1ccc(CNC(=O)c2cccc3c2OCCCO3)cc1. The van der Waals surface area contributed by atoms with Crippen LogP contribution in [0.1, 0.15) is 40.9 Å². The van der Waals surface area contributed by atoms with E-state index in [0.717, 1.165) is 17.5 Å². The van der Waals surface area contributed by atoms with Crippen molar-refractivity contribution in [2.45, 2.75) is 25.9 Å². The second-order valence-corrected chi connectivity index (χ2v) is 5.90. The van der Waals surface area contributed by atoms with Crippen LogP contribution < -0.4 is 20.5 Å². The topological polar surface area (TPSA) is 73.6 Å². The van der Waals surface area contributed by atoms with Gasteiger partial charge in [0.05, 0.1) is 18.8 Å². The Morgan fingerprint density at radius 2 is 1.92 bits per heavy atom. The van der Waals surface area contributed by atoms with E-state index in [1.54, 1.807) is 12.1 Å². The van der Waals surface area contributed by atoms with Crippen molar-refractivity contribution in [3.8, 4) is 11.5 Å². The molecule has 0 saturated heterocycles. The number of amides is 1. The lowest BCUT2D eigenvalue weighted by Gasteiger charge is -2.13. The van der Waals surface area contributed by atoms with Gasteiger partial charge in [-0.1, -0.05) is 30.3 Å². The second-order valence-electron chi connectivity index (χ2n) is 5.90. The Morgan fingerprint density at radius 1 is 1.17 bits per heavy atom. The van der Waals surface area contributed by atoms with E-state index in [2.05, 4.69) is 5.32 Å². The minimum absolute atomic E-state index is 0.00515. The molecule has 2 aromatic rings. The van der Waals surface area contributed by atoms with Gasteiger partial charge in [0.15, 0.2) is 11.5 Å². The zero-order valence-corrected chi connectivity index (χ0v) is 13.7. The fraction of sp³-hybridized carbons (Fsp3) is 0.316. The first kappa shape index (κ1) is 16.3. The summed E-state index contributed by atoms with van der Waals surface area (Å²) in [5, 5.41) is 2.93. The summed E-state index contributed by atoms with van der Waals surface area (Å²) in [6.45, 7) is 3.54. The highest BCUT2D eigenvalue weighted by atomic mass is 16.5. The molecule has 5 heteroatoms. The lowest BCUT2D eigenvalue weighted by atomic mass is 10.1. The van der Waals surface area contributed by atoms with Crippen LogP contribution in [0, 0.1) is 0 Å². The van der Waals surface area contributed by atoms with Gasteiger partial charge < -0.3 is 20.5 Å². The monoisotopic (exact) mass is 326 g/mol. The van der Waals surface area contributed by atoms with Gasteiger partial charge in [-0.3, -0.25) is 4.79 Å². The van der Waals surface area contributed by atoms with E-state index in [1.165, 1.54) is 0 Å². The van der Waals surface area contributed by atoms with Gasteiger partial charge in [-0.2, -0.15) is 0 Å². The maximum Gasteiger partial charge on any atom is 0.255 e. The maximum absolute atomic E-state index is 12.5. The van der Waals surface area contributed by atoms with E-state index >= 15 is 0 Å². The van der Waals surface area contributed by atoms with Crippen LogP contribution in [-0.4, -0.2) is 19.1 Å². The van der Waals surface area contributed by atoms with Crippen LogP contribution in [0.3, 0.4) is 0 Å². The number of fused-ring (bicyclic) bond motifs is 1. The van der Waals surface area contributed by atoms with E-state index in [0.29, 0.717) is 36.8 Å². The van der Waals surface area contributed by atoms with E-state index in [1.807, 2.05) is 37.3 Å². The summed E-state index contributed by atoms with van der Waals surface area (Å²) in [5.41, 5.74) is 8.44. The molecule has 1 atom stereocenters. The number of ether oxygens (including phenoxy) is 2. The molecule has 1 aliphatic heterocycles. The molecule has 126 valence electrons. The molecule has 0 saturated carbocycles. The summed E-state index contributed by atoms with van der Waals surface area (Å²) < 4.78 is 11.3. The molecule has 0 radical (unpaired) electrons. The van der Waals surface area contributed by atoms with Crippen LogP contribution in [0.5, 0.6) is 11.5 Å². The Hall–Kier alpha value is -2.53. The minimum atomic E-state index is -0.173. The first-order chi connectivity index (χ1) is 11.6. The number of para-hydroxylation sites is 1. The molecule has 1 aliphatic rings. The molecule has 1 amide bonds. The Kier molecular flexibility index (Phi) is 5.01. The molecular weight excluding hydrogens is 304 g/mol. The van der Waals surface area contributed by atoms with Crippen molar-refractivity contribution in [2.24, 2.45) is 5.73 Å². The van der Waals surface area contributed by atoms with E-state index in [9.17, 15) is 4.79 Å². The molecule has 0 aliphatic carbocycles. The smallest absolute Gasteiger partial charge is 0.255 e. The van der Waals surface area contributed by atoms with Crippen molar-refractivity contribution in [1.29, 1.82) is 0 Å². The predicted molar refractivity (Wildman–Crippen MR) is 92.3 cm³/mol. The lowest BCUT2D eigenvalue weighted by Crippen LogP contribution is -2.23. The molecule has 5 nitrogen and oxygen atoms in total. The van der Waals surface area contributed by atoms with Crippen molar-refractivity contribution in [1.82, 2.24) is 5.32 Å². The lowest BCUT2D eigenvalue weighted by molar-refractivity contribution is 0.0946. The molecule has 1 unspecified atom stereocenters. The third kappa shape index (κ3) is 3.68. The third-order valence-electron chi connectivity index (χ3n) is 3.97.